The number of nitrogens with zero attached hydrogens (tertiary/aromatic N) is 3. The number of rotatable bonds is 8. The molecular weight excluding hydrogens is 586 g/mol. The molecule has 8 nitrogen and oxygen atoms in total. The zero-order valence-corrected chi connectivity index (χ0v) is 26.3. The van der Waals surface area contributed by atoms with Gasteiger partial charge in [0, 0.05) is 5.56 Å². The second-order valence-electron chi connectivity index (χ2n) is 12.0. The zero-order valence-electron chi connectivity index (χ0n) is 26.3. The molecule has 0 atom stereocenters. The number of hydrogen-bond acceptors (Lipinski definition) is 7. The molecule has 12 heteroatoms. The third-order valence-corrected chi connectivity index (χ3v) is 8.17. The van der Waals surface area contributed by atoms with Crippen LogP contribution in [0, 0.1) is 13.8 Å². The number of alkyl halides is 3. The van der Waals surface area contributed by atoms with Crippen LogP contribution < -0.4 is 10.2 Å². The Labute approximate surface area is 260 Å². The number of benzene rings is 2. The normalized spacial score (nSPS) is 15.7. The van der Waals surface area contributed by atoms with Crippen LogP contribution in [0.1, 0.15) is 67.4 Å². The van der Waals surface area contributed by atoms with Gasteiger partial charge >= 0.3 is 19.3 Å². The molecule has 3 heterocycles. The fraction of sp³-hybridized carbons (Fsp3) is 0.364. The van der Waals surface area contributed by atoms with Crippen LogP contribution >= 0.6 is 0 Å². The Hall–Kier alpha value is -4.16. The van der Waals surface area contributed by atoms with Crippen molar-refractivity contribution in [1.29, 1.82) is 0 Å². The Balaban J connectivity index is 1.42. The first-order chi connectivity index (χ1) is 21.1. The summed E-state index contributed by atoms with van der Waals surface area (Å²) in [5.41, 5.74) is 1.89. The number of halogens is 3. The van der Waals surface area contributed by atoms with Crippen molar-refractivity contribution in [3.05, 3.63) is 88.7 Å². The summed E-state index contributed by atoms with van der Waals surface area (Å²) >= 11 is 0. The molecule has 0 aliphatic carbocycles. The van der Waals surface area contributed by atoms with Gasteiger partial charge in [-0.1, -0.05) is 35.9 Å². The summed E-state index contributed by atoms with van der Waals surface area (Å²) in [7, 11) is -0.480. The fourth-order valence-electron chi connectivity index (χ4n) is 4.98. The summed E-state index contributed by atoms with van der Waals surface area (Å²) in [6, 6.07) is 16.2. The van der Waals surface area contributed by atoms with Crippen LogP contribution in [0.3, 0.4) is 0 Å². The number of pyridine rings is 1. The molecule has 0 unspecified atom stereocenters. The molecule has 1 saturated heterocycles. The molecule has 1 aliphatic rings. The van der Waals surface area contributed by atoms with E-state index in [1.165, 1.54) is 13.0 Å². The van der Waals surface area contributed by atoms with Crippen LogP contribution in [0.2, 0.25) is 0 Å². The Morgan fingerprint density at radius 2 is 1.71 bits per heavy atom. The second-order valence-corrected chi connectivity index (χ2v) is 12.0. The number of esters is 1. The molecule has 45 heavy (non-hydrogen) atoms. The largest absolute Gasteiger partial charge is 0.494 e. The molecular formula is C33H35BF3N3O5. The van der Waals surface area contributed by atoms with E-state index in [4.69, 9.17) is 18.8 Å². The number of ether oxygens (including phenoxy) is 2. The van der Waals surface area contributed by atoms with Gasteiger partial charge in [0.2, 0.25) is 0 Å². The summed E-state index contributed by atoms with van der Waals surface area (Å²) in [6.45, 7) is 13.6. The summed E-state index contributed by atoms with van der Waals surface area (Å²) < 4.78 is 66.4. The van der Waals surface area contributed by atoms with Crippen molar-refractivity contribution in [2.45, 2.75) is 72.5 Å². The van der Waals surface area contributed by atoms with Crippen molar-refractivity contribution in [3.63, 3.8) is 0 Å². The van der Waals surface area contributed by atoms with E-state index in [2.05, 4.69) is 10.1 Å². The van der Waals surface area contributed by atoms with Crippen LogP contribution in [0.4, 0.5) is 13.2 Å². The molecule has 0 amide bonds. The van der Waals surface area contributed by atoms with Crippen LogP contribution in [-0.4, -0.2) is 45.7 Å². The van der Waals surface area contributed by atoms with Gasteiger partial charge in [-0.3, -0.25) is 0 Å². The maximum absolute atomic E-state index is 14.1. The van der Waals surface area contributed by atoms with Gasteiger partial charge in [-0.05, 0) is 89.3 Å². The number of aromatic nitrogens is 3. The van der Waals surface area contributed by atoms with E-state index in [1.807, 2.05) is 71.9 Å². The van der Waals surface area contributed by atoms with Crippen LogP contribution in [0.5, 0.6) is 5.75 Å². The molecule has 0 spiro atoms. The smallest absolute Gasteiger partial charge is 0.488 e. The Morgan fingerprint density at radius 1 is 1.00 bits per heavy atom. The lowest BCUT2D eigenvalue weighted by atomic mass is 9.78. The van der Waals surface area contributed by atoms with Gasteiger partial charge in [0.25, 0.3) is 0 Å². The Morgan fingerprint density at radius 3 is 2.36 bits per heavy atom. The molecule has 0 N–H and O–H groups in total. The molecule has 236 valence electrons. The number of carbonyl (C=O) groups is 1. The lowest BCUT2D eigenvalue weighted by molar-refractivity contribution is -0.143. The molecule has 2 aromatic carbocycles. The highest BCUT2D eigenvalue weighted by Crippen LogP contribution is 2.37. The minimum Gasteiger partial charge on any atom is -0.488 e. The summed E-state index contributed by atoms with van der Waals surface area (Å²) in [5.74, 6) is -0.721. The van der Waals surface area contributed by atoms with E-state index in [1.54, 1.807) is 18.2 Å². The van der Waals surface area contributed by atoms with Gasteiger partial charge in [0.1, 0.15) is 17.9 Å². The van der Waals surface area contributed by atoms with E-state index in [0.717, 1.165) is 28.4 Å². The minimum absolute atomic E-state index is 0.0745. The number of hydrogen-bond donors (Lipinski definition) is 0. The van der Waals surface area contributed by atoms with Gasteiger partial charge in [-0.2, -0.15) is 18.3 Å². The molecule has 5 rings (SSSR count). The topological polar surface area (TPSA) is 84.7 Å². The quantitative estimate of drug-likeness (QED) is 0.161. The van der Waals surface area contributed by atoms with Crippen LogP contribution in [-0.2, 0) is 26.8 Å². The molecule has 0 radical (unpaired) electrons. The number of aryl methyl sites for hydroxylation is 2. The van der Waals surface area contributed by atoms with E-state index >= 15 is 0 Å². The average molecular weight is 621 g/mol. The molecule has 2 aromatic heterocycles. The summed E-state index contributed by atoms with van der Waals surface area (Å²) in [5, 5.41) is 3.85. The van der Waals surface area contributed by atoms with Crippen molar-refractivity contribution in [2.24, 2.45) is 0 Å². The first kappa shape index (κ1) is 32.2. The third kappa shape index (κ3) is 6.48. The van der Waals surface area contributed by atoms with E-state index in [9.17, 15) is 18.0 Å². The average Bonchev–Trinajstić information content (AvgIpc) is 3.51. The van der Waals surface area contributed by atoms with Gasteiger partial charge in [0.15, 0.2) is 11.5 Å². The Kier molecular flexibility index (Phi) is 8.58. The standard InChI is InChI=1S/C33H35BF3N3O5/c1-8-42-30(41)25-18-38-40(29(25)33(35,36)37)28-11-9-10-26(39-28)24-16-20(2)12-15-27(24)43-19-22-13-14-23(17-21(22)3)34-44-31(4,5)32(6,7)45-34/h9-18H,8,19H2,1-7H3. The minimum atomic E-state index is -4.89. The summed E-state index contributed by atoms with van der Waals surface area (Å²) in [6.07, 6.45) is -4.04. The van der Waals surface area contributed by atoms with Crippen molar-refractivity contribution in [2.75, 3.05) is 6.61 Å². The monoisotopic (exact) mass is 621 g/mol. The lowest BCUT2D eigenvalue weighted by Crippen LogP contribution is -2.41. The van der Waals surface area contributed by atoms with Crippen molar-refractivity contribution < 1.29 is 36.7 Å². The number of carbonyl (C=O) groups excluding carboxylic acids is 1. The highest BCUT2D eigenvalue weighted by atomic mass is 19.4. The molecule has 4 aromatic rings. The summed E-state index contributed by atoms with van der Waals surface area (Å²) in [4.78, 5) is 16.8. The highest BCUT2D eigenvalue weighted by Gasteiger charge is 2.51. The van der Waals surface area contributed by atoms with Crippen molar-refractivity contribution in [1.82, 2.24) is 14.8 Å². The lowest BCUT2D eigenvalue weighted by Gasteiger charge is -2.32. The molecule has 1 fully saturated rings. The van der Waals surface area contributed by atoms with Gasteiger partial charge < -0.3 is 18.8 Å². The van der Waals surface area contributed by atoms with Crippen LogP contribution in [0.25, 0.3) is 17.1 Å². The maximum atomic E-state index is 14.1. The van der Waals surface area contributed by atoms with Gasteiger partial charge in [0.05, 0.1) is 29.7 Å². The third-order valence-electron chi connectivity index (χ3n) is 8.17. The predicted molar refractivity (Wildman–Crippen MR) is 164 cm³/mol. The first-order valence-corrected chi connectivity index (χ1v) is 14.6. The van der Waals surface area contributed by atoms with Crippen molar-refractivity contribution in [3.8, 4) is 22.8 Å². The maximum Gasteiger partial charge on any atom is 0.494 e. The second kappa shape index (κ2) is 12.0. The molecule has 1 aliphatic heterocycles. The van der Waals surface area contributed by atoms with Gasteiger partial charge in [-0.15, -0.1) is 0 Å². The highest BCUT2D eigenvalue weighted by molar-refractivity contribution is 6.62. The van der Waals surface area contributed by atoms with Crippen LogP contribution in [0.15, 0.2) is 60.8 Å². The molecule has 0 saturated carbocycles. The Bertz CT molecular complexity index is 1720. The van der Waals surface area contributed by atoms with Crippen molar-refractivity contribution >= 4 is 18.6 Å². The fourth-order valence-corrected chi connectivity index (χ4v) is 4.98. The van der Waals surface area contributed by atoms with E-state index in [-0.39, 0.29) is 19.0 Å². The molecule has 0 bridgehead atoms. The first-order valence-electron chi connectivity index (χ1n) is 14.6. The van der Waals surface area contributed by atoms with E-state index in [0.29, 0.717) is 21.7 Å². The van der Waals surface area contributed by atoms with E-state index < -0.39 is 41.7 Å². The van der Waals surface area contributed by atoms with Gasteiger partial charge in [-0.25, -0.2) is 14.5 Å². The zero-order chi connectivity index (χ0) is 32.7. The predicted octanol–water partition coefficient (Wildman–Crippen LogP) is 6.62. The SMILES string of the molecule is CCOC(=O)c1cnn(-c2cccc(-c3cc(C)ccc3OCc3ccc(B4OC(C)(C)C(C)(C)O4)cc3C)n2)c1C(F)(F)F.